The smallest absolute Gasteiger partial charge is 0.274 e. The van der Waals surface area contributed by atoms with Crippen LogP contribution in [0.3, 0.4) is 0 Å². The summed E-state index contributed by atoms with van der Waals surface area (Å²) in [6.45, 7) is 4.12. The van der Waals surface area contributed by atoms with Crippen LogP contribution in [0.2, 0.25) is 0 Å². The van der Waals surface area contributed by atoms with Crippen molar-refractivity contribution in [3.05, 3.63) is 27.9 Å². The third-order valence-electron chi connectivity index (χ3n) is 5.07. The molecule has 3 heterocycles. The molecule has 0 amide bonds. The molecule has 1 aliphatic carbocycles. The van der Waals surface area contributed by atoms with Crippen molar-refractivity contribution in [2.75, 3.05) is 13.1 Å². The van der Waals surface area contributed by atoms with Gasteiger partial charge in [-0.1, -0.05) is 0 Å². The van der Waals surface area contributed by atoms with Gasteiger partial charge in [-0.05, 0) is 31.6 Å². The van der Waals surface area contributed by atoms with E-state index in [1.54, 1.807) is 6.92 Å². The van der Waals surface area contributed by atoms with E-state index >= 15 is 0 Å². The van der Waals surface area contributed by atoms with Gasteiger partial charge in [-0.2, -0.15) is 9.50 Å². The third-order valence-corrected chi connectivity index (χ3v) is 5.07. The Balaban J connectivity index is 1.52. The Kier molecular flexibility index (Phi) is 3.47. The minimum atomic E-state index is -0.609. The van der Waals surface area contributed by atoms with Crippen molar-refractivity contribution in [3.8, 4) is 0 Å². The predicted octanol–water partition coefficient (Wildman–Crippen LogP) is -0.710. The first kappa shape index (κ1) is 14.8. The van der Waals surface area contributed by atoms with Crippen molar-refractivity contribution < 1.29 is 10.2 Å². The Morgan fingerprint density at radius 1 is 1.22 bits per heavy atom. The highest BCUT2D eigenvalue weighted by Crippen LogP contribution is 2.36. The molecule has 0 aromatic carbocycles. The Morgan fingerprint density at radius 2 is 1.87 bits per heavy atom. The molecule has 124 valence electrons. The van der Waals surface area contributed by atoms with Gasteiger partial charge in [0.15, 0.2) is 0 Å². The molecule has 3 N–H and O–H groups in total. The maximum Gasteiger partial charge on any atom is 0.274 e. The molecule has 0 bridgehead atoms. The van der Waals surface area contributed by atoms with Crippen LogP contribution in [0.1, 0.15) is 24.4 Å². The van der Waals surface area contributed by atoms with Gasteiger partial charge >= 0.3 is 0 Å². The SMILES string of the molecule is Cc1nc2nc(CN3C[C@H]4C[C@H](O)[C@@H](O)C[C@H]4C3)cc(=O)n2[nH]1. The third kappa shape index (κ3) is 2.66. The van der Waals surface area contributed by atoms with Crippen LogP contribution in [-0.2, 0) is 6.54 Å². The van der Waals surface area contributed by atoms with Gasteiger partial charge < -0.3 is 10.2 Å². The molecule has 2 aliphatic rings. The number of aromatic amines is 1. The van der Waals surface area contributed by atoms with Gasteiger partial charge in [0.1, 0.15) is 5.82 Å². The molecule has 2 aromatic rings. The molecule has 0 radical (unpaired) electrons. The maximum absolute atomic E-state index is 12.1. The van der Waals surface area contributed by atoms with Gasteiger partial charge in [-0.25, -0.2) is 4.98 Å². The second-order valence-corrected chi connectivity index (χ2v) is 6.85. The molecular formula is C15H21N5O3. The molecule has 4 atom stereocenters. The summed E-state index contributed by atoms with van der Waals surface area (Å²) in [5.41, 5.74) is 0.550. The second-order valence-electron chi connectivity index (χ2n) is 6.85. The zero-order chi connectivity index (χ0) is 16.1. The topological polar surface area (TPSA) is 107 Å². The van der Waals surface area contributed by atoms with Crippen LogP contribution >= 0.6 is 0 Å². The number of aliphatic hydroxyl groups is 2. The Morgan fingerprint density at radius 3 is 2.52 bits per heavy atom. The van der Waals surface area contributed by atoms with Gasteiger partial charge in [-0.3, -0.25) is 14.8 Å². The number of nitrogens with one attached hydrogen (secondary N) is 1. The Labute approximate surface area is 132 Å². The number of aromatic nitrogens is 4. The normalized spacial score (nSPS) is 31.6. The molecule has 0 unspecified atom stereocenters. The maximum atomic E-state index is 12.1. The highest BCUT2D eigenvalue weighted by atomic mass is 16.3. The Bertz CT molecular complexity index is 767. The van der Waals surface area contributed by atoms with Crippen LogP contribution in [0.5, 0.6) is 0 Å². The lowest BCUT2D eigenvalue weighted by molar-refractivity contribution is -0.0372. The number of aliphatic hydroxyl groups excluding tert-OH is 2. The molecule has 1 saturated carbocycles. The lowest BCUT2D eigenvalue weighted by atomic mass is 9.79. The van der Waals surface area contributed by atoms with E-state index in [4.69, 9.17) is 0 Å². The van der Waals surface area contributed by atoms with Gasteiger partial charge in [0.2, 0.25) is 0 Å². The summed E-state index contributed by atoms with van der Waals surface area (Å²) < 4.78 is 1.34. The van der Waals surface area contributed by atoms with Crippen LogP contribution in [0.15, 0.2) is 10.9 Å². The van der Waals surface area contributed by atoms with E-state index < -0.39 is 12.2 Å². The standard InChI is InChI=1S/C15H21N5O3/c1-8-16-15-17-11(4-14(23)20(15)18-8)7-19-5-9-2-12(21)13(22)3-10(9)6-19/h4,9-10,12-13,21-22H,2-3,5-7H2,1H3,(H,16,17,18)/t9-,10+,12-,13-/m0/s1. The van der Waals surface area contributed by atoms with E-state index in [1.807, 2.05) is 0 Å². The monoisotopic (exact) mass is 319 g/mol. The number of hydrogen-bond donors (Lipinski definition) is 3. The summed E-state index contributed by atoms with van der Waals surface area (Å²) in [5.74, 6) is 1.87. The van der Waals surface area contributed by atoms with Crippen LogP contribution in [0, 0.1) is 18.8 Å². The van der Waals surface area contributed by atoms with E-state index in [9.17, 15) is 15.0 Å². The predicted molar refractivity (Wildman–Crippen MR) is 81.8 cm³/mol. The lowest BCUT2D eigenvalue weighted by Gasteiger charge is -2.32. The summed E-state index contributed by atoms with van der Waals surface area (Å²) in [4.78, 5) is 23.0. The molecule has 0 spiro atoms. The average Bonchev–Trinajstić information content (AvgIpc) is 3.02. The number of fused-ring (bicyclic) bond motifs is 2. The van der Waals surface area contributed by atoms with E-state index in [0.29, 0.717) is 48.5 Å². The number of likely N-dealkylation sites (tertiary alicyclic amines) is 1. The van der Waals surface area contributed by atoms with Crippen molar-refractivity contribution in [3.63, 3.8) is 0 Å². The highest BCUT2D eigenvalue weighted by Gasteiger charge is 2.41. The molecule has 4 rings (SSSR count). The Hall–Kier alpha value is -1.77. The zero-order valence-corrected chi connectivity index (χ0v) is 13.0. The summed E-state index contributed by atoms with van der Waals surface area (Å²) in [7, 11) is 0. The number of rotatable bonds is 2. The van der Waals surface area contributed by atoms with E-state index in [2.05, 4.69) is 20.0 Å². The van der Waals surface area contributed by atoms with Crippen LogP contribution in [0.4, 0.5) is 0 Å². The number of hydrogen-bond acceptors (Lipinski definition) is 6. The zero-order valence-electron chi connectivity index (χ0n) is 13.0. The minimum Gasteiger partial charge on any atom is -0.390 e. The molecule has 8 heteroatoms. The first-order valence-corrected chi connectivity index (χ1v) is 8.03. The molecule has 1 aliphatic heterocycles. The highest BCUT2D eigenvalue weighted by molar-refractivity contribution is 5.27. The average molecular weight is 319 g/mol. The molecular weight excluding hydrogens is 298 g/mol. The molecule has 1 saturated heterocycles. The summed E-state index contributed by atoms with van der Waals surface area (Å²) in [6, 6.07) is 1.54. The van der Waals surface area contributed by atoms with E-state index in [1.165, 1.54) is 10.6 Å². The largest absolute Gasteiger partial charge is 0.390 e. The van der Waals surface area contributed by atoms with Crippen molar-refractivity contribution >= 4 is 5.78 Å². The number of H-pyrrole nitrogens is 1. The molecule has 23 heavy (non-hydrogen) atoms. The first-order chi connectivity index (χ1) is 11.0. The van der Waals surface area contributed by atoms with Gasteiger partial charge in [-0.15, -0.1) is 0 Å². The number of nitrogens with zero attached hydrogens (tertiary/aromatic N) is 4. The fourth-order valence-electron chi connectivity index (χ4n) is 3.98. The minimum absolute atomic E-state index is 0.159. The van der Waals surface area contributed by atoms with Gasteiger partial charge in [0.05, 0.1) is 17.9 Å². The molecule has 8 nitrogen and oxygen atoms in total. The van der Waals surface area contributed by atoms with Gasteiger partial charge in [0, 0.05) is 25.7 Å². The lowest BCUT2D eigenvalue weighted by Crippen LogP contribution is -2.38. The van der Waals surface area contributed by atoms with Gasteiger partial charge in [0.25, 0.3) is 11.3 Å². The van der Waals surface area contributed by atoms with Crippen molar-refractivity contribution in [2.24, 2.45) is 11.8 Å². The molecule has 2 aromatic heterocycles. The summed E-state index contributed by atoms with van der Waals surface area (Å²) in [5, 5.41) is 22.5. The van der Waals surface area contributed by atoms with Crippen LogP contribution < -0.4 is 5.56 Å². The fourth-order valence-corrected chi connectivity index (χ4v) is 3.98. The molecule has 2 fully saturated rings. The van der Waals surface area contributed by atoms with Crippen molar-refractivity contribution in [1.82, 2.24) is 24.5 Å². The van der Waals surface area contributed by atoms with Crippen LogP contribution in [-0.4, -0.2) is 60.0 Å². The van der Waals surface area contributed by atoms with E-state index in [0.717, 1.165) is 13.1 Å². The number of aryl methyl sites for hydroxylation is 1. The summed E-state index contributed by atoms with van der Waals surface area (Å²) in [6.07, 6.45) is 0.0798. The van der Waals surface area contributed by atoms with E-state index in [-0.39, 0.29) is 5.56 Å². The van der Waals surface area contributed by atoms with Crippen molar-refractivity contribution in [1.29, 1.82) is 0 Å². The first-order valence-electron chi connectivity index (χ1n) is 8.03. The van der Waals surface area contributed by atoms with Crippen LogP contribution in [0.25, 0.3) is 5.78 Å². The fraction of sp³-hybridized carbons (Fsp3) is 0.667. The van der Waals surface area contributed by atoms with Crippen molar-refractivity contribution in [2.45, 2.75) is 38.5 Å². The quantitative estimate of drug-likeness (QED) is 0.675. The summed E-state index contributed by atoms with van der Waals surface area (Å²) >= 11 is 0. The second kappa shape index (κ2) is 5.40.